The van der Waals surface area contributed by atoms with Crippen molar-refractivity contribution in [1.82, 2.24) is 5.32 Å². The van der Waals surface area contributed by atoms with E-state index >= 15 is 0 Å². The van der Waals surface area contributed by atoms with Crippen LogP contribution < -0.4 is 5.32 Å². The van der Waals surface area contributed by atoms with E-state index in [1.165, 1.54) is 0 Å². The van der Waals surface area contributed by atoms with Gasteiger partial charge in [-0.05, 0) is 27.7 Å². The quantitative estimate of drug-likeness (QED) is 0.597. The first kappa shape index (κ1) is 9.52. The van der Waals surface area contributed by atoms with E-state index in [2.05, 4.69) is 5.32 Å². The molecule has 0 amide bonds. The molecule has 1 saturated heterocycles. The van der Waals surface area contributed by atoms with E-state index in [4.69, 9.17) is 4.74 Å². The molecule has 0 radical (unpaired) electrons. The molecule has 0 aromatic carbocycles. The standard InChI is InChI=1S/C9H17NO2/c1-6-7(5-10-6)12-8(11)9(2,3)4/h6-7,10H,5H2,1-4H3/t6-,7+/m0/s1. The van der Waals surface area contributed by atoms with Crippen molar-refractivity contribution in [3.05, 3.63) is 0 Å². The second kappa shape index (κ2) is 3.05. The average molecular weight is 171 g/mol. The highest BCUT2D eigenvalue weighted by Gasteiger charge is 2.33. The van der Waals surface area contributed by atoms with Gasteiger partial charge in [0.15, 0.2) is 0 Å². The molecule has 3 nitrogen and oxygen atoms in total. The van der Waals surface area contributed by atoms with Crippen LogP contribution in [0.4, 0.5) is 0 Å². The molecular weight excluding hydrogens is 154 g/mol. The first-order chi connectivity index (χ1) is 5.41. The van der Waals surface area contributed by atoms with Gasteiger partial charge in [-0.15, -0.1) is 0 Å². The van der Waals surface area contributed by atoms with Gasteiger partial charge < -0.3 is 10.1 Å². The predicted molar refractivity (Wildman–Crippen MR) is 46.8 cm³/mol. The summed E-state index contributed by atoms with van der Waals surface area (Å²) in [6.07, 6.45) is 0.0803. The molecule has 0 unspecified atom stereocenters. The van der Waals surface area contributed by atoms with Crippen molar-refractivity contribution in [2.45, 2.75) is 39.8 Å². The molecule has 1 fully saturated rings. The minimum absolute atomic E-state index is 0.0803. The summed E-state index contributed by atoms with van der Waals surface area (Å²) < 4.78 is 5.26. The average Bonchev–Trinajstić information content (AvgIpc) is 1.95. The maximum atomic E-state index is 11.4. The monoisotopic (exact) mass is 171 g/mol. The normalized spacial score (nSPS) is 29.3. The fourth-order valence-electron chi connectivity index (χ4n) is 0.908. The van der Waals surface area contributed by atoms with Crippen LogP contribution in [0.2, 0.25) is 0 Å². The zero-order valence-electron chi connectivity index (χ0n) is 8.18. The van der Waals surface area contributed by atoms with Crippen LogP contribution in [-0.4, -0.2) is 24.7 Å². The van der Waals surface area contributed by atoms with Crippen molar-refractivity contribution < 1.29 is 9.53 Å². The van der Waals surface area contributed by atoms with Crippen molar-refractivity contribution in [3.8, 4) is 0 Å². The van der Waals surface area contributed by atoms with Crippen LogP contribution >= 0.6 is 0 Å². The second-order valence-electron chi connectivity index (χ2n) is 4.39. The molecule has 70 valence electrons. The van der Waals surface area contributed by atoms with E-state index in [9.17, 15) is 4.79 Å². The molecule has 0 saturated carbocycles. The van der Waals surface area contributed by atoms with Gasteiger partial charge in [0.05, 0.1) is 5.41 Å². The Morgan fingerprint density at radius 1 is 1.50 bits per heavy atom. The van der Waals surface area contributed by atoms with Gasteiger partial charge in [-0.2, -0.15) is 0 Å². The first-order valence-corrected chi connectivity index (χ1v) is 4.36. The Morgan fingerprint density at radius 3 is 2.33 bits per heavy atom. The summed E-state index contributed by atoms with van der Waals surface area (Å²) in [5.74, 6) is -0.110. The molecule has 1 aliphatic rings. The van der Waals surface area contributed by atoms with Gasteiger partial charge in [0, 0.05) is 12.6 Å². The van der Waals surface area contributed by atoms with Gasteiger partial charge in [-0.3, -0.25) is 4.79 Å². The maximum Gasteiger partial charge on any atom is 0.311 e. The highest BCUT2D eigenvalue weighted by Crippen LogP contribution is 2.19. The lowest BCUT2D eigenvalue weighted by atomic mass is 9.96. The number of rotatable bonds is 1. The Morgan fingerprint density at radius 2 is 2.08 bits per heavy atom. The fourth-order valence-corrected chi connectivity index (χ4v) is 0.908. The van der Waals surface area contributed by atoms with E-state index in [-0.39, 0.29) is 17.5 Å². The summed E-state index contributed by atoms with van der Waals surface area (Å²) in [5.41, 5.74) is -0.380. The molecule has 3 heteroatoms. The highest BCUT2D eigenvalue weighted by molar-refractivity contribution is 5.75. The van der Waals surface area contributed by atoms with E-state index < -0.39 is 0 Å². The third-order valence-electron chi connectivity index (χ3n) is 2.07. The minimum Gasteiger partial charge on any atom is -0.459 e. The SMILES string of the molecule is C[C@@H]1NC[C@H]1OC(=O)C(C)(C)C. The lowest BCUT2D eigenvalue weighted by molar-refractivity contribution is -0.163. The first-order valence-electron chi connectivity index (χ1n) is 4.36. The molecule has 0 aromatic rings. The van der Waals surface area contributed by atoms with Crippen LogP contribution in [0.25, 0.3) is 0 Å². The lowest BCUT2D eigenvalue weighted by Crippen LogP contribution is -2.58. The van der Waals surface area contributed by atoms with Gasteiger partial charge in [-0.1, -0.05) is 0 Å². The summed E-state index contributed by atoms with van der Waals surface area (Å²) in [7, 11) is 0. The van der Waals surface area contributed by atoms with Crippen LogP contribution in [0.1, 0.15) is 27.7 Å². The molecule has 12 heavy (non-hydrogen) atoms. The topological polar surface area (TPSA) is 38.3 Å². The molecule has 1 heterocycles. The zero-order chi connectivity index (χ0) is 9.35. The van der Waals surface area contributed by atoms with Crippen LogP contribution in [0.15, 0.2) is 0 Å². The summed E-state index contributed by atoms with van der Waals surface area (Å²) in [5, 5.41) is 3.14. The Bertz CT molecular complexity index is 183. The summed E-state index contributed by atoms with van der Waals surface area (Å²) in [4.78, 5) is 11.4. The second-order valence-corrected chi connectivity index (χ2v) is 4.39. The Kier molecular flexibility index (Phi) is 2.42. The van der Waals surface area contributed by atoms with Crippen LogP contribution in [0.3, 0.4) is 0 Å². The largest absolute Gasteiger partial charge is 0.459 e. The van der Waals surface area contributed by atoms with Gasteiger partial charge in [0.1, 0.15) is 6.10 Å². The Balaban J connectivity index is 2.36. The molecule has 1 N–H and O–H groups in total. The number of ether oxygens (including phenoxy) is 1. The van der Waals surface area contributed by atoms with Crippen LogP contribution in [-0.2, 0) is 9.53 Å². The van der Waals surface area contributed by atoms with Gasteiger partial charge in [0.2, 0.25) is 0 Å². The van der Waals surface area contributed by atoms with Crippen LogP contribution in [0, 0.1) is 5.41 Å². The van der Waals surface area contributed by atoms with Crippen molar-refractivity contribution in [1.29, 1.82) is 0 Å². The summed E-state index contributed by atoms with van der Waals surface area (Å²) in [6, 6.07) is 0.316. The molecule has 0 aliphatic carbocycles. The molecule has 0 bridgehead atoms. The Hall–Kier alpha value is -0.570. The highest BCUT2D eigenvalue weighted by atomic mass is 16.5. The molecule has 0 spiro atoms. The molecular formula is C9H17NO2. The Labute approximate surface area is 73.5 Å². The minimum atomic E-state index is -0.380. The predicted octanol–water partition coefficient (Wildman–Crippen LogP) is 0.936. The van der Waals surface area contributed by atoms with E-state index in [1.807, 2.05) is 27.7 Å². The maximum absolute atomic E-state index is 11.4. The lowest BCUT2D eigenvalue weighted by Gasteiger charge is -2.36. The van der Waals surface area contributed by atoms with E-state index in [0.29, 0.717) is 6.04 Å². The number of hydrogen-bond donors (Lipinski definition) is 1. The third kappa shape index (κ3) is 1.97. The zero-order valence-corrected chi connectivity index (χ0v) is 8.18. The van der Waals surface area contributed by atoms with E-state index in [1.54, 1.807) is 0 Å². The molecule has 2 atom stereocenters. The van der Waals surface area contributed by atoms with Crippen molar-refractivity contribution in [3.63, 3.8) is 0 Å². The molecule has 1 rings (SSSR count). The smallest absolute Gasteiger partial charge is 0.311 e. The fraction of sp³-hybridized carbons (Fsp3) is 0.889. The van der Waals surface area contributed by atoms with Gasteiger partial charge in [0.25, 0.3) is 0 Å². The number of carbonyl (C=O) groups is 1. The van der Waals surface area contributed by atoms with Crippen LogP contribution in [0.5, 0.6) is 0 Å². The number of esters is 1. The van der Waals surface area contributed by atoms with Gasteiger partial charge in [-0.25, -0.2) is 0 Å². The number of hydrogen-bond acceptors (Lipinski definition) is 3. The van der Waals surface area contributed by atoms with Crippen molar-refractivity contribution in [2.24, 2.45) is 5.41 Å². The molecule has 1 aliphatic heterocycles. The van der Waals surface area contributed by atoms with Gasteiger partial charge >= 0.3 is 5.97 Å². The number of carbonyl (C=O) groups excluding carboxylic acids is 1. The summed E-state index contributed by atoms with van der Waals surface area (Å²) in [6.45, 7) is 8.41. The van der Waals surface area contributed by atoms with E-state index in [0.717, 1.165) is 6.54 Å². The van der Waals surface area contributed by atoms with Crippen molar-refractivity contribution in [2.75, 3.05) is 6.54 Å². The third-order valence-corrected chi connectivity index (χ3v) is 2.07. The van der Waals surface area contributed by atoms with Crippen molar-refractivity contribution >= 4 is 5.97 Å². The molecule has 0 aromatic heterocycles. The summed E-state index contributed by atoms with van der Waals surface area (Å²) >= 11 is 0. The number of nitrogens with one attached hydrogen (secondary N) is 1.